The van der Waals surface area contributed by atoms with Crippen molar-refractivity contribution in [2.75, 3.05) is 4.90 Å². The molecule has 2 heterocycles. The van der Waals surface area contributed by atoms with Gasteiger partial charge in [0.05, 0.1) is 10.4 Å². The summed E-state index contributed by atoms with van der Waals surface area (Å²) in [6, 6.07) is 72.2. The van der Waals surface area contributed by atoms with Gasteiger partial charge in [0.25, 0.3) is 0 Å². The molecule has 0 unspecified atom stereocenters. The summed E-state index contributed by atoms with van der Waals surface area (Å²) in [6.45, 7) is 0. The van der Waals surface area contributed by atoms with E-state index in [4.69, 9.17) is 4.42 Å². The molecule has 0 radical (unpaired) electrons. The Morgan fingerprint density at radius 3 is 1.75 bits per heavy atom. The second-order valence-electron chi connectivity index (χ2n) is 14.0. The minimum Gasteiger partial charge on any atom is -0.455 e. The Morgan fingerprint density at radius 2 is 0.945 bits per heavy atom. The molecule has 0 aliphatic rings. The van der Waals surface area contributed by atoms with Crippen LogP contribution in [0.2, 0.25) is 0 Å². The van der Waals surface area contributed by atoms with E-state index in [1.807, 2.05) is 23.5 Å². The van der Waals surface area contributed by atoms with Crippen molar-refractivity contribution in [3.63, 3.8) is 0 Å². The molecule has 3 heteroatoms. The van der Waals surface area contributed by atoms with Gasteiger partial charge in [0.2, 0.25) is 0 Å². The van der Waals surface area contributed by atoms with Gasteiger partial charge in [-0.1, -0.05) is 164 Å². The van der Waals surface area contributed by atoms with Crippen LogP contribution in [0.25, 0.3) is 86.3 Å². The monoisotopic (exact) mass is 719 g/mol. The number of thiophene rings is 1. The van der Waals surface area contributed by atoms with E-state index in [-0.39, 0.29) is 0 Å². The fourth-order valence-electron chi connectivity index (χ4n) is 8.29. The van der Waals surface area contributed by atoms with Crippen molar-refractivity contribution < 1.29 is 4.42 Å². The third-order valence-corrected chi connectivity index (χ3v) is 12.1. The van der Waals surface area contributed by atoms with E-state index in [1.54, 1.807) is 0 Å². The molecule has 11 rings (SSSR count). The van der Waals surface area contributed by atoms with E-state index in [2.05, 4.69) is 193 Å². The maximum atomic E-state index is 6.46. The average Bonchev–Trinajstić information content (AvgIpc) is 3.83. The first-order valence-electron chi connectivity index (χ1n) is 18.7. The molecule has 0 saturated carbocycles. The molecule has 0 aliphatic carbocycles. The molecule has 2 nitrogen and oxygen atoms in total. The lowest BCUT2D eigenvalue weighted by atomic mass is 9.97. The third kappa shape index (κ3) is 5.24. The van der Waals surface area contributed by atoms with Crippen LogP contribution in [0.4, 0.5) is 17.1 Å². The van der Waals surface area contributed by atoms with Crippen LogP contribution in [-0.2, 0) is 0 Å². The smallest absolute Gasteiger partial charge is 0.143 e. The predicted molar refractivity (Wildman–Crippen MR) is 235 cm³/mol. The molecule has 0 saturated heterocycles. The van der Waals surface area contributed by atoms with Crippen LogP contribution in [-0.4, -0.2) is 0 Å². The topological polar surface area (TPSA) is 16.4 Å². The number of anilines is 3. The van der Waals surface area contributed by atoms with Crippen molar-refractivity contribution in [3.8, 4) is 33.4 Å². The zero-order chi connectivity index (χ0) is 36.3. The number of benzene rings is 9. The number of fused-ring (bicyclic) bond motifs is 7. The molecule has 0 amide bonds. The fraction of sp³-hybridized carbons (Fsp3) is 0. The molecule has 0 aliphatic heterocycles. The van der Waals surface area contributed by atoms with Gasteiger partial charge in [0.15, 0.2) is 0 Å². The molecule has 0 spiro atoms. The number of rotatable bonds is 6. The summed E-state index contributed by atoms with van der Waals surface area (Å²) in [7, 11) is 0. The van der Waals surface area contributed by atoms with Gasteiger partial charge in [0.1, 0.15) is 11.2 Å². The molecule has 55 heavy (non-hydrogen) atoms. The van der Waals surface area contributed by atoms with Gasteiger partial charge in [-0.2, -0.15) is 0 Å². The molecule has 11 aromatic rings. The Labute approximate surface area is 322 Å². The highest BCUT2D eigenvalue weighted by Crippen LogP contribution is 2.50. The summed E-state index contributed by atoms with van der Waals surface area (Å²) in [5, 5.41) is 7.32. The van der Waals surface area contributed by atoms with Crippen LogP contribution in [0.15, 0.2) is 205 Å². The highest BCUT2D eigenvalue weighted by molar-refractivity contribution is 7.26. The predicted octanol–water partition coefficient (Wildman–Crippen LogP) is 15.6. The van der Waals surface area contributed by atoms with Gasteiger partial charge in [-0.25, -0.2) is 0 Å². The van der Waals surface area contributed by atoms with Gasteiger partial charge in [-0.15, -0.1) is 11.3 Å². The minimum absolute atomic E-state index is 0.907. The third-order valence-electron chi connectivity index (χ3n) is 10.9. The van der Waals surface area contributed by atoms with Crippen molar-refractivity contribution >= 4 is 81.3 Å². The maximum Gasteiger partial charge on any atom is 0.143 e. The number of furan rings is 1. The summed E-state index contributed by atoms with van der Waals surface area (Å²) < 4.78 is 9.00. The average molecular weight is 720 g/mol. The van der Waals surface area contributed by atoms with Crippen LogP contribution in [0.3, 0.4) is 0 Å². The molecular weight excluding hydrogens is 687 g/mol. The second-order valence-corrected chi connectivity index (χ2v) is 15.1. The van der Waals surface area contributed by atoms with Gasteiger partial charge < -0.3 is 9.32 Å². The zero-order valence-electron chi connectivity index (χ0n) is 29.8. The summed E-state index contributed by atoms with van der Waals surface area (Å²) in [6.07, 6.45) is 0. The summed E-state index contributed by atoms with van der Waals surface area (Å²) in [5.74, 6) is 0. The molecule has 0 fully saturated rings. The highest BCUT2D eigenvalue weighted by atomic mass is 32.1. The lowest BCUT2D eigenvalue weighted by Gasteiger charge is -2.29. The Morgan fingerprint density at radius 1 is 0.364 bits per heavy atom. The second kappa shape index (κ2) is 12.9. The van der Waals surface area contributed by atoms with Crippen molar-refractivity contribution in [2.45, 2.75) is 0 Å². The molecule has 2 aromatic heterocycles. The summed E-state index contributed by atoms with van der Waals surface area (Å²) >= 11 is 1.87. The van der Waals surface area contributed by atoms with E-state index in [0.29, 0.717) is 0 Å². The Hall–Kier alpha value is -6.94. The lowest BCUT2D eigenvalue weighted by molar-refractivity contribution is 0.670. The maximum absolute atomic E-state index is 6.46. The first kappa shape index (κ1) is 31.6. The van der Waals surface area contributed by atoms with Crippen molar-refractivity contribution in [1.29, 1.82) is 0 Å². The molecule has 258 valence electrons. The van der Waals surface area contributed by atoms with Crippen molar-refractivity contribution in [2.24, 2.45) is 0 Å². The number of nitrogens with zero attached hydrogens (tertiary/aromatic N) is 1. The Kier molecular flexibility index (Phi) is 7.39. The van der Waals surface area contributed by atoms with Crippen LogP contribution >= 0.6 is 11.3 Å². The van der Waals surface area contributed by atoms with Crippen molar-refractivity contribution in [1.82, 2.24) is 0 Å². The quantitative estimate of drug-likeness (QED) is 0.170. The summed E-state index contributed by atoms with van der Waals surface area (Å²) in [5.41, 5.74) is 12.2. The van der Waals surface area contributed by atoms with Crippen LogP contribution < -0.4 is 4.90 Å². The Balaban J connectivity index is 1.13. The van der Waals surface area contributed by atoms with E-state index in [9.17, 15) is 0 Å². The number of hydrogen-bond donors (Lipinski definition) is 0. The zero-order valence-corrected chi connectivity index (χ0v) is 30.6. The van der Waals surface area contributed by atoms with Crippen LogP contribution in [0.1, 0.15) is 0 Å². The molecule has 0 bridgehead atoms. The van der Waals surface area contributed by atoms with Gasteiger partial charge >= 0.3 is 0 Å². The standard InChI is InChI=1S/C52H33NOS/c1-2-12-35(13-3-1)42-32-33-47-45-18-7-9-23-49(45)55-52(47)50(42)53(38-28-24-36(25-29-38)41-19-10-15-34-14-4-5-16-40(34)41)39-30-26-37(27-31-39)43-20-11-21-46-44-17-6-8-22-48(44)54-51(43)46/h1-33H. The molecular formula is C52H33NOS. The highest BCUT2D eigenvalue weighted by Gasteiger charge is 2.23. The first-order valence-corrected chi connectivity index (χ1v) is 19.5. The van der Waals surface area contributed by atoms with Crippen LogP contribution in [0, 0.1) is 0 Å². The fourth-order valence-corrected chi connectivity index (χ4v) is 9.53. The number of para-hydroxylation sites is 2. The van der Waals surface area contributed by atoms with E-state index >= 15 is 0 Å². The molecule has 9 aromatic carbocycles. The van der Waals surface area contributed by atoms with Gasteiger partial charge in [-0.05, 0) is 69.4 Å². The Bertz CT molecular complexity index is 3190. The first-order chi connectivity index (χ1) is 27.3. The van der Waals surface area contributed by atoms with Gasteiger partial charge in [0, 0.05) is 48.7 Å². The van der Waals surface area contributed by atoms with Crippen molar-refractivity contribution in [3.05, 3.63) is 200 Å². The minimum atomic E-state index is 0.907. The van der Waals surface area contributed by atoms with E-state index in [1.165, 1.54) is 58.9 Å². The normalized spacial score (nSPS) is 11.6. The number of hydrogen-bond acceptors (Lipinski definition) is 3. The lowest BCUT2D eigenvalue weighted by Crippen LogP contribution is -2.11. The SMILES string of the molecule is c1ccc(-c2ccc3c(sc4ccccc43)c2N(c2ccc(-c3cccc4ccccc34)cc2)c2ccc(-c3cccc4c3oc3ccccc34)cc2)cc1. The van der Waals surface area contributed by atoms with E-state index < -0.39 is 0 Å². The van der Waals surface area contributed by atoms with Gasteiger partial charge in [-0.3, -0.25) is 0 Å². The molecule has 0 N–H and O–H groups in total. The van der Waals surface area contributed by atoms with Crippen LogP contribution in [0.5, 0.6) is 0 Å². The molecule has 0 atom stereocenters. The largest absolute Gasteiger partial charge is 0.455 e. The summed E-state index contributed by atoms with van der Waals surface area (Å²) in [4.78, 5) is 2.46. The van der Waals surface area contributed by atoms with E-state index in [0.717, 1.165) is 44.4 Å².